The Morgan fingerprint density at radius 2 is 1.88 bits per heavy atom. The molecule has 6 heteroatoms. The lowest BCUT2D eigenvalue weighted by Crippen LogP contribution is -2.37. The molecule has 2 rings (SSSR count). The van der Waals surface area contributed by atoms with Crippen LogP contribution < -0.4 is 10.6 Å². The van der Waals surface area contributed by atoms with Gasteiger partial charge in [-0.3, -0.25) is 14.4 Å². The molecule has 2 N–H and O–H groups in total. The van der Waals surface area contributed by atoms with Crippen LogP contribution in [0.15, 0.2) is 24.3 Å². The van der Waals surface area contributed by atoms with Crippen molar-refractivity contribution in [1.29, 1.82) is 0 Å². The number of benzene rings is 1. The number of carbonyl (C=O) groups excluding carboxylic acids is 3. The fourth-order valence-electron chi connectivity index (χ4n) is 1.52. The van der Waals surface area contributed by atoms with E-state index in [1.807, 2.05) is 6.92 Å². The van der Waals surface area contributed by atoms with Gasteiger partial charge in [0.05, 0.1) is 5.69 Å². The van der Waals surface area contributed by atoms with Crippen LogP contribution in [0, 0.1) is 6.92 Å². The summed E-state index contributed by atoms with van der Waals surface area (Å²) in [5.74, 6) is -1.36. The second-order valence-corrected chi connectivity index (χ2v) is 4.73. The molecule has 17 heavy (non-hydrogen) atoms. The molecule has 0 bridgehead atoms. The quantitative estimate of drug-likeness (QED) is 0.795. The minimum Gasteiger partial charge on any atom is -0.368 e. The maximum atomic E-state index is 11.8. The Bertz CT molecular complexity index is 498. The Kier molecular flexibility index (Phi) is 2.89. The van der Waals surface area contributed by atoms with Crippen LogP contribution in [0.25, 0.3) is 0 Å². The molecule has 1 fully saturated rings. The number of primary amides is 1. The van der Waals surface area contributed by atoms with Gasteiger partial charge in [-0.25, -0.2) is 4.90 Å². The molecule has 88 valence electrons. The molecule has 1 aromatic carbocycles. The summed E-state index contributed by atoms with van der Waals surface area (Å²) in [6.07, 6.45) is 0. The standard InChI is InChI=1S/C11H10N2O3S/c1-6-2-4-7(5-3-6)13-10(15)8(9(12)14)17-11(13)16/h2-5,8H,1H3,(H2,12,14)/t8-/m1/s1. The Morgan fingerprint density at radius 3 is 2.35 bits per heavy atom. The number of carbonyl (C=O) groups is 3. The van der Waals surface area contributed by atoms with Gasteiger partial charge in [0.15, 0.2) is 5.25 Å². The zero-order valence-corrected chi connectivity index (χ0v) is 9.86. The monoisotopic (exact) mass is 250 g/mol. The number of imide groups is 1. The predicted octanol–water partition coefficient (Wildman–Crippen LogP) is 1.05. The van der Waals surface area contributed by atoms with Gasteiger partial charge in [0.1, 0.15) is 0 Å². The number of hydrogen-bond acceptors (Lipinski definition) is 4. The number of hydrogen-bond donors (Lipinski definition) is 1. The fourth-order valence-corrected chi connectivity index (χ4v) is 2.34. The van der Waals surface area contributed by atoms with Crippen LogP contribution in [0.4, 0.5) is 10.5 Å². The third-order valence-electron chi connectivity index (χ3n) is 2.40. The fraction of sp³-hybridized carbons (Fsp3) is 0.182. The van der Waals surface area contributed by atoms with Gasteiger partial charge in [0.25, 0.3) is 11.1 Å². The zero-order chi connectivity index (χ0) is 12.6. The summed E-state index contributed by atoms with van der Waals surface area (Å²) < 4.78 is 0. The van der Waals surface area contributed by atoms with Crippen molar-refractivity contribution in [3.63, 3.8) is 0 Å². The van der Waals surface area contributed by atoms with E-state index in [0.717, 1.165) is 10.5 Å². The molecule has 1 atom stereocenters. The molecule has 3 amide bonds. The van der Waals surface area contributed by atoms with Crippen LogP contribution in [0.2, 0.25) is 0 Å². The van der Waals surface area contributed by atoms with E-state index in [1.165, 1.54) is 0 Å². The number of thioether (sulfide) groups is 1. The van der Waals surface area contributed by atoms with E-state index in [0.29, 0.717) is 17.4 Å². The third kappa shape index (κ3) is 2.03. The highest BCUT2D eigenvalue weighted by molar-refractivity contribution is 8.16. The number of rotatable bonds is 2. The predicted molar refractivity (Wildman–Crippen MR) is 64.6 cm³/mol. The SMILES string of the molecule is Cc1ccc(N2C(=O)S[C@H](C(N)=O)C2=O)cc1. The van der Waals surface area contributed by atoms with Crippen molar-refractivity contribution in [3.05, 3.63) is 29.8 Å². The zero-order valence-electron chi connectivity index (χ0n) is 9.04. The molecule has 0 saturated carbocycles. The van der Waals surface area contributed by atoms with Gasteiger partial charge < -0.3 is 5.73 Å². The van der Waals surface area contributed by atoms with Crippen molar-refractivity contribution in [3.8, 4) is 0 Å². The molecular weight excluding hydrogens is 240 g/mol. The Balaban J connectivity index is 2.33. The van der Waals surface area contributed by atoms with Crippen LogP contribution in [-0.2, 0) is 9.59 Å². The van der Waals surface area contributed by atoms with E-state index in [-0.39, 0.29) is 0 Å². The largest absolute Gasteiger partial charge is 0.368 e. The number of nitrogens with two attached hydrogens (primary N) is 1. The highest BCUT2D eigenvalue weighted by Crippen LogP contribution is 2.31. The van der Waals surface area contributed by atoms with Gasteiger partial charge in [-0.2, -0.15) is 0 Å². The van der Waals surface area contributed by atoms with Gasteiger partial charge in [-0.1, -0.05) is 17.7 Å². The van der Waals surface area contributed by atoms with Crippen LogP contribution in [0.3, 0.4) is 0 Å². The molecule has 0 spiro atoms. The summed E-state index contributed by atoms with van der Waals surface area (Å²) in [6, 6.07) is 6.90. The van der Waals surface area contributed by atoms with Crippen LogP contribution in [-0.4, -0.2) is 22.3 Å². The maximum Gasteiger partial charge on any atom is 0.294 e. The number of aryl methyl sites for hydroxylation is 1. The topological polar surface area (TPSA) is 80.5 Å². The Morgan fingerprint density at radius 1 is 1.29 bits per heavy atom. The second-order valence-electron chi connectivity index (χ2n) is 3.68. The van der Waals surface area contributed by atoms with Crippen LogP contribution >= 0.6 is 11.8 Å². The summed E-state index contributed by atoms with van der Waals surface area (Å²) in [4.78, 5) is 35.4. The lowest BCUT2D eigenvalue weighted by atomic mass is 10.2. The Labute approximate surface area is 102 Å². The van der Waals surface area contributed by atoms with Gasteiger partial charge >= 0.3 is 0 Å². The average molecular weight is 250 g/mol. The minimum atomic E-state index is -1.11. The first kappa shape index (κ1) is 11.7. The average Bonchev–Trinajstić information content (AvgIpc) is 2.56. The number of amides is 3. The van der Waals surface area contributed by atoms with Gasteiger partial charge in [0.2, 0.25) is 5.91 Å². The summed E-state index contributed by atoms with van der Waals surface area (Å²) >= 11 is 0.652. The molecule has 1 saturated heterocycles. The molecular formula is C11H10N2O3S. The van der Waals surface area contributed by atoms with Gasteiger partial charge in [-0.05, 0) is 30.8 Å². The lowest BCUT2D eigenvalue weighted by molar-refractivity contribution is -0.124. The molecule has 1 aliphatic rings. The molecule has 0 unspecified atom stereocenters. The van der Waals surface area contributed by atoms with E-state index in [1.54, 1.807) is 24.3 Å². The smallest absolute Gasteiger partial charge is 0.294 e. The van der Waals surface area contributed by atoms with Crippen molar-refractivity contribution in [2.45, 2.75) is 12.2 Å². The van der Waals surface area contributed by atoms with E-state index in [9.17, 15) is 14.4 Å². The van der Waals surface area contributed by atoms with Crippen molar-refractivity contribution >= 4 is 34.5 Å². The van der Waals surface area contributed by atoms with Crippen molar-refractivity contribution in [2.24, 2.45) is 5.73 Å². The summed E-state index contributed by atoms with van der Waals surface area (Å²) in [5, 5.41) is -1.58. The first-order valence-corrected chi connectivity index (χ1v) is 5.79. The van der Waals surface area contributed by atoms with E-state index in [2.05, 4.69) is 0 Å². The first-order chi connectivity index (χ1) is 8.00. The van der Waals surface area contributed by atoms with Crippen molar-refractivity contribution in [2.75, 3.05) is 4.90 Å². The van der Waals surface area contributed by atoms with Crippen molar-refractivity contribution < 1.29 is 14.4 Å². The molecule has 1 heterocycles. The van der Waals surface area contributed by atoms with Crippen molar-refractivity contribution in [1.82, 2.24) is 0 Å². The normalized spacial score (nSPS) is 19.8. The van der Waals surface area contributed by atoms with E-state index in [4.69, 9.17) is 5.73 Å². The third-order valence-corrected chi connectivity index (χ3v) is 3.45. The molecule has 1 aromatic rings. The molecule has 0 aromatic heterocycles. The molecule has 0 radical (unpaired) electrons. The second kappa shape index (κ2) is 4.21. The first-order valence-electron chi connectivity index (χ1n) is 4.91. The van der Waals surface area contributed by atoms with E-state index >= 15 is 0 Å². The highest BCUT2D eigenvalue weighted by atomic mass is 32.2. The summed E-state index contributed by atoms with van der Waals surface area (Å²) in [6.45, 7) is 1.90. The summed E-state index contributed by atoms with van der Waals surface area (Å²) in [5.41, 5.74) is 6.54. The maximum absolute atomic E-state index is 11.8. The minimum absolute atomic E-state index is 0.460. The number of nitrogens with zero attached hydrogens (tertiary/aromatic N) is 1. The molecule has 0 aliphatic carbocycles. The Hall–Kier alpha value is -1.82. The van der Waals surface area contributed by atoms with Gasteiger partial charge in [0, 0.05) is 0 Å². The molecule has 5 nitrogen and oxygen atoms in total. The van der Waals surface area contributed by atoms with Gasteiger partial charge in [-0.15, -0.1) is 0 Å². The number of anilines is 1. The summed E-state index contributed by atoms with van der Waals surface area (Å²) in [7, 11) is 0. The van der Waals surface area contributed by atoms with Crippen LogP contribution in [0.1, 0.15) is 5.56 Å². The highest BCUT2D eigenvalue weighted by Gasteiger charge is 2.43. The van der Waals surface area contributed by atoms with Crippen LogP contribution in [0.5, 0.6) is 0 Å². The van der Waals surface area contributed by atoms with E-state index < -0.39 is 22.3 Å². The molecule has 1 aliphatic heterocycles. The lowest BCUT2D eigenvalue weighted by Gasteiger charge is -2.13.